The molecule has 4 nitrogen and oxygen atoms in total. The van der Waals surface area contributed by atoms with Crippen molar-refractivity contribution in [1.82, 2.24) is 5.32 Å². The molecule has 0 aliphatic carbocycles. The van der Waals surface area contributed by atoms with Gasteiger partial charge in [-0.2, -0.15) is 0 Å². The highest BCUT2D eigenvalue weighted by molar-refractivity contribution is 5.94. The summed E-state index contributed by atoms with van der Waals surface area (Å²) in [5, 5.41) is 12.5. The summed E-state index contributed by atoms with van der Waals surface area (Å²) >= 11 is 0. The second-order valence-corrected chi connectivity index (χ2v) is 5.16. The van der Waals surface area contributed by atoms with Crippen LogP contribution in [-0.4, -0.2) is 36.9 Å². The molecule has 0 saturated carbocycles. The van der Waals surface area contributed by atoms with Crippen LogP contribution < -0.4 is 5.32 Å². The largest absolute Gasteiger partial charge is 0.393 e. The van der Waals surface area contributed by atoms with Crippen LogP contribution in [0, 0.1) is 17.6 Å². The third-order valence-corrected chi connectivity index (χ3v) is 3.73. The Morgan fingerprint density at radius 1 is 1.33 bits per heavy atom. The number of hydrogen-bond acceptors (Lipinski definition) is 3. The molecular weight excluding hydrogens is 280 g/mol. The normalized spacial score (nSPS) is 17.5. The van der Waals surface area contributed by atoms with Gasteiger partial charge in [0, 0.05) is 19.8 Å². The Balaban J connectivity index is 1.81. The maximum atomic E-state index is 13.4. The lowest BCUT2D eigenvalue weighted by atomic mass is 9.92. The molecule has 2 rings (SSSR count). The lowest BCUT2D eigenvalue weighted by Gasteiger charge is -2.26. The smallest absolute Gasteiger partial charge is 0.257 e. The predicted molar refractivity (Wildman–Crippen MR) is 72.9 cm³/mol. The summed E-state index contributed by atoms with van der Waals surface area (Å²) in [4.78, 5) is 11.8. The van der Waals surface area contributed by atoms with Gasteiger partial charge in [0.05, 0.1) is 6.10 Å². The average Bonchev–Trinajstić information content (AvgIpc) is 2.48. The molecule has 1 heterocycles. The van der Waals surface area contributed by atoms with E-state index in [1.54, 1.807) is 0 Å². The van der Waals surface area contributed by atoms with Crippen molar-refractivity contribution >= 4 is 5.91 Å². The number of ether oxygens (including phenoxy) is 1. The number of hydrogen-bond donors (Lipinski definition) is 2. The number of rotatable bonds is 5. The van der Waals surface area contributed by atoms with Gasteiger partial charge < -0.3 is 15.2 Å². The quantitative estimate of drug-likeness (QED) is 0.872. The molecule has 6 heteroatoms. The monoisotopic (exact) mass is 299 g/mol. The van der Waals surface area contributed by atoms with E-state index >= 15 is 0 Å². The van der Waals surface area contributed by atoms with Crippen molar-refractivity contribution in [2.75, 3.05) is 19.8 Å². The highest BCUT2D eigenvalue weighted by Gasteiger charge is 2.22. The van der Waals surface area contributed by atoms with E-state index < -0.39 is 29.2 Å². The molecule has 1 aliphatic heterocycles. The minimum absolute atomic E-state index is 0.154. The molecule has 1 saturated heterocycles. The molecule has 0 spiro atoms. The minimum Gasteiger partial charge on any atom is -0.393 e. The van der Waals surface area contributed by atoms with Gasteiger partial charge in [0.1, 0.15) is 17.2 Å². The third-order valence-electron chi connectivity index (χ3n) is 3.73. The Labute approximate surface area is 122 Å². The molecule has 2 N–H and O–H groups in total. The molecule has 21 heavy (non-hydrogen) atoms. The Morgan fingerprint density at radius 2 is 1.95 bits per heavy atom. The van der Waals surface area contributed by atoms with Gasteiger partial charge >= 0.3 is 0 Å². The summed E-state index contributed by atoms with van der Waals surface area (Å²) in [6.07, 6.45) is 1.39. The van der Waals surface area contributed by atoms with Gasteiger partial charge in [-0.05, 0) is 37.3 Å². The van der Waals surface area contributed by atoms with Crippen LogP contribution in [0.1, 0.15) is 29.6 Å². The van der Waals surface area contributed by atoms with Crippen molar-refractivity contribution in [2.24, 2.45) is 5.92 Å². The SMILES string of the molecule is O=C(NCC[C@@H](O)C1CCOCC1)c1c(F)cccc1F. The zero-order chi connectivity index (χ0) is 15.2. The molecule has 1 aromatic rings. The minimum atomic E-state index is -0.891. The van der Waals surface area contributed by atoms with Gasteiger partial charge in [-0.15, -0.1) is 0 Å². The van der Waals surface area contributed by atoms with Crippen LogP contribution in [0.2, 0.25) is 0 Å². The van der Waals surface area contributed by atoms with E-state index in [0.717, 1.165) is 25.0 Å². The highest BCUT2D eigenvalue weighted by Crippen LogP contribution is 2.20. The van der Waals surface area contributed by atoms with E-state index in [4.69, 9.17) is 4.74 Å². The van der Waals surface area contributed by atoms with Crippen molar-refractivity contribution in [1.29, 1.82) is 0 Å². The highest BCUT2D eigenvalue weighted by atomic mass is 19.1. The molecular formula is C15H19F2NO3. The number of benzene rings is 1. The van der Waals surface area contributed by atoms with Crippen LogP contribution in [0.3, 0.4) is 0 Å². The summed E-state index contributed by atoms with van der Waals surface area (Å²) in [6.45, 7) is 1.44. The van der Waals surface area contributed by atoms with Gasteiger partial charge in [0.25, 0.3) is 5.91 Å². The summed E-state index contributed by atoms with van der Waals surface area (Å²) < 4.78 is 32.0. The zero-order valence-corrected chi connectivity index (χ0v) is 11.6. The molecule has 1 aromatic carbocycles. The van der Waals surface area contributed by atoms with Gasteiger partial charge in [0.2, 0.25) is 0 Å². The van der Waals surface area contributed by atoms with Crippen molar-refractivity contribution in [3.8, 4) is 0 Å². The first-order valence-electron chi connectivity index (χ1n) is 7.07. The third kappa shape index (κ3) is 4.22. The average molecular weight is 299 g/mol. The maximum absolute atomic E-state index is 13.4. The number of amides is 1. The van der Waals surface area contributed by atoms with Crippen LogP contribution in [0.15, 0.2) is 18.2 Å². The summed E-state index contributed by atoms with van der Waals surface area (Å²) in [5.41, 5.74) is -0.585. The van der Waals surface area contributed by atoms with Crippen LogP contribution in [-0.2, 0) is 4.74 Å². The Bertz CT molecular complexity index is 470. The zero-order valence-electron chi connectivity index (χ0n) is 11.6. The van der Waals surface area contributed by atoms with Crippen molar-refractivity contribution in [2.45, 2.75) is 25.4 Å². The van der Waals surface area contributed by atoms with Crippen LogP contribution in [0.4, 0.5) is 8.78 Å². The molecule has 1 atom stereocenters. The van der Waals surface area contributed by atoms with E-state index in [1.165, 1.54) is 6.07 Å². The number of halogens is 2. The van der Waals surface area contributed by atoms with Crippen LogP contribution >= 0.6 is 0 Å². The summed E-state index contributed by atoms with van der Waals surface area (Å²) in [6, 6.07) is 3.28. The van der Waals surface area contributed by atoms with Gasteiger partial charge in [-0.1, -0.05) is 6.07 Å². The topological polar surface area (TPSA) is 58.6 Å². The lowest BCUT2D eigenvalue weighted by molar-refractivity contribution is 0.00527. The van der Waals surface area contributed by atoms with Crippen molar-refractivity contribution in [3.63, 3.8) is 0 Å². The standard InChI is InChI=1S/C15H19F2NO3/c16-11-2-1-3-12(17)14(11)15(20)18-7-4-13(19)10-5-8-21-9-6-10/h1-3,10,13,19H,4-9H2,(H,18,20)/t13-/m1/s1. The lowest BCUT2D eigenvalue weighted by Crippen LogP contribution is -2.33. The molecule has 1 amide bonds. The Kier molecular flexibility index (Phi) is 5.64. The fourth-order valence-electron chi connectivity index (χ4n) is 2.47. The number of aliphatic hydroxyl groups is 1. The van der Waals surface area contributed by atoms with E-state index in [1.807, 2.05) is 0 Å². The van der Waals surface area contributed by atoms with E-state index in [2.05, 4.69) is 5.32 Å². The van der Waals surface area contributed by atoms with Crippen molar-refractivity contribution in [3.05, 3.63) is 35.4 Å². The fourth-order valence-corrected chi connectivity index (χ4v) is 2.47. The number of nitrogens with one attached hydrogen (secondary N) is 1. The van der Waals surface area contributed by atoms with Gasteiger partial charge in [-0.3, -0.25) is 4.79 Å². The first-order valence-corrected chi connectivity index (χ1v) is 7.07. The first kappa shape index (κ1) is 15.9. The molecule has 0 unspecified atom stereocenters. The summed E-state index contributed by atoms with van der Waals surface area (Å²) in [7, 11) is 0. The summed E-state index contributed by atoms with van der Waals surface area (Å²) in [5.74, 6) is -2.43. The molecule has 1 fully saturated rings. The van der Waals surface area contributed by atoms with Crippen molar-refractivity contribution < 1.29 is 23.4 Å². The molecule has 0 bridgehead atoms. The molecule has 1 aliphatic rings. The van der Waals surface area contributed by atoms with E-state index in [9.17, 15) is 18.7 Å². The Morgan fingerprint density at radius 3 is 2.57 bits per heavy atom. The second-order valence-electron chi connectivity index (χ2n) is 5.16. The van der Waals surface area contributed by atoms with E-state index in [-0.39, 0.29) is 12.5 Å². The maximum Gasteiger partial charge on any atom is 0.257 e. The second kappa shape index (κ2) is 7.47. The number of carbonyl (C=O) groups excluding carboxylic acids is 1. The molecule has 0 radical (unpaired) electrons. The molecule has 0 aromatic heterocycles. The fraction of sp³-hybridized carbons (Fsp3) is 0.533. The van der Waals surface area contributed by atoms with Crippen LogP contribution in [0.5, 0.6) is 0 Å². The first-order chi connectivity index (χ1) is 10.1. The van der Waals surface area contributed by atoms with Crippen LogP contribution in [0.25, 0.3) is 0 Å². The number of aliphatic hydroxyl groups excluding tert-OH is 1. The van der Waals surface area contributed by atoms with Gasteiger partial charge in [-0.25, -0.2) is 8.78 Å². The van der Waals surface area contributed by atoms with Gasteiger partial charge in [0.15, 0.2) is 0 Å². The van der Waals surface area contributed by atoms with E-state index in [0.29, 0.717) is 19.6 Å². The predicted octanol–water partition coefficient (Wildman–Crippen LogP) is 1.87. The molecule has 116 valence electrons. The number of carbonyl (C=O) groups is 1. The Hall–Kier alpha value is -1.53.